The molecule has 1 aromatic carbocycles. The van der Waals surface area contributed by atoms with E-state index in [4.69, 9.17) is 0 Å². The number of nitrogens with one attached hydrogen (secondary N) is 3. The molecule has 1 aliphatic carbocycles. The van der Waals surface area contributed by atoms with Crippen LogP contribution in [0.2, 0.25) is 0 Å². The Bertz CT molecular complexity index is 1040. The van der Waals surface area contributed by atoms with Gasteiger partial charge in [0.1, 0.15) is 4.90 Å². The summed E-state index contributed by atoms with van der Waals surface area (Å²) in [7, 11) is -3.58. The Labute approximate surface area is 147 Å². The first-order valence-electron chi connectivity index (χ1n) is 8.43. The van der Waals surface area contributed by atoms with Crippen LogP contribution < -0.4 is 4.72 Å². The summed E-state index contributed by atoms with van der Waals surface area (Å²) in [5, 5.41) is 7.93. The monoisotopic (exact) mass is 358 g/mol. The minimum Gasteiger partial charge on any atom is -0.358 e. The van der Waals surface area contributed by atoms with Gasteiger partial charge in [0.25, 0.3) is 0 Å². The molecule has 0 atom stereocenters. The molecule has 1 saturated carbocycles. The van der Waals surface area contributed by atoms with E-state index in [9.17, 15) is 8.42 Å². The summed E-state index contributed by atoms with van der Waals surface area (Å²) in [6.45, 7) is 5.90. The molecule has 0 amide bonds. The van der Waals surface area contributed by atoms with Crippen LogP contribution in [-0.4, -0.2) is 30.1 Å². The smallest absolute Gasteiger partial charge is 0.244 e. The van der Waals surface area contributed by atoms with E-state index in [2.05, 4.69) is 39.0 Å². The number of nitrogens with zero attached hydrogens (tertiary/aromatic N) is 1. The molecule has 0 bridgehead atoms. The molecule has 0 unspecified atom stereocenters. The number of rotatable bonds is 5. The van der Waals surface area contributed by atoms with Crippen molar-refractivity contribution in [2.24, 2.45) is 0 Å². The van der Waals surface area contributed by atoms with Gasteiger partial charge in [0.15, 0.2) is 0 Å². The maximum atomic E-state index is 12.7. The third kappa shape index (κ3) is 2.58. The quantitative estimate of drug-likeness (QED) is 0.655. The Kier molecular flexibility index (Phi) is 3.56. The van der Waals surface area contributed by atoms with Gasteiger partial charge in [-0.05, 0) is 45.2 Å². The topological polar surface area (TPSA) is 90.6 Å². The molecule has 4 rings (SSSR count). The molecule has 132 valence electrons. The molecule has 2 aromatic heterocycles. The van der Waals surface area contributed by atoms with E-state index < -0.39 is 10.0 Å². The molecule has 25 heavy (non-hydrogen) atoms. The fourth-order valence-electron chi connectivity index (χ4n) is 3.87. The van der Waals surface area contributed by atoms with E-state index in [1.165, 1.54) is 10.9 Å². The molecule has 6 nitrogen and oxygen atoms in total. The molecule has 3 aromatic rings. The maximum Gasteiger partial charge on any atom is 0.244 e. The first kappa shape index (κ1) is 16.4. The number of sulfonamides is 1. The number of fused-ring (bicyclic) bond motifs is 1. The minimum atomic E-state index is -3.58. The van der Waals surface area contributed by atoms with Gasteiger partial charge < -0.3 is 4.98 Å². The molecule has 1 fully saturated rings. The lowest BCUT2D eigenvalue weighted by Gasteiger charge is -2.17. The van der Waals surface area contributed by atoms with Crippen LogP contribution in [0.5, 0.6) is 0 Å². The van der Waals surface area contributed by atoms with Crippen LogP contribution in [0.3, 0.4) is 0 Å². The normalized spacial score (nSPS) is 16.4. The highest BCUT2D eigenvalue weighted by Gasteiger charge is 2.47. The van der Waals surface area contributed by atoms with E-state index in [0.717, 1.165) is 24.1 Å². The maximum absolute atomic E-state index is 12.7. The molecule has 0 aliphatic heterocycles. The highest BCUT2D eigenvalue weighted by atomic mass is 32.2. The van der Waals surface area contributed by atoms with Crippen molar-refractivity contribution >= 4 is 20.9 Å². The number of hydrogen-bond acceptors (Lipinski definition) is 3. The third-order valence-corrected chi connectivity index (χ3v) is 6.87. The average molecular weight is 358 g/mol. The second-order valence-electron chi connectivity index (χ2n) is 7.04. The Balaban J connectivity index is 1.66. The second kappa shape index (κ2) is 5.44. The van der Waals surface area contributed by atoms with Crippen molar-refractivity contribution < 1.29 is 8.42 Å². The van der Waals surface area contributed by atoms with Crippen LogP contribution in [0.15, 0.2) is 29.2 Å². The summed E-state index contributed by atoms with van der Waals surface area (Å²) >= 11 is 0. The molecule has 0 saturated heterocycles. The first-order chi connectivity index (χ1) is 11.8. The van der Waals surface area contributed by atoms with Crippen LogP contribution in [0.25, 0.3) is 10.9 Å². The van der Waals surface area contributed by atoms with Crippen molar-refractivity contribution in [1.29, 1.82) is 0 Å². The van der Waals surface area contributed by atoms with E-state index in [0.29, 0.717) is 17.9 Å². The van der Waals surface area contributed by atoms with Crippen molar-refractivity contribution in [1.82, 2.24) is 19.9 Å². The number of hydrogen-bond donors (Lipinski definition) is 3. The SMILES string of the molecule is Cc1n[nH]c(C)c1S(=O)(=O)NCC1(c2c(C)[nH]c3ccccc23)CC1. The van der Waals surface area contributed by atoms with Crippen LogP contribution in [0.1, 0.15) is 35.5 Å². The minimum absolute atomic E-state index is 0.123. The zero-order chi connectivity index (χ0) is 17.8. The predicted molar refractivity (Wildman–Crippen MR) is 97.2 cm³/mol. The van der Waals surface area contributed by atoms with Crippen LogP contribution in [0, 0.1) is 20.8 Å². The summed E-state index contributed by atoms with van der Waals surface area (Å²) in [5.41, 5.74) is 4.41. The molecule has 7 heteroatoms. The van der Waals surface area contributed by atoms with Crippen molar-refractivity contribution in [2.75, 3.05) is 6.54 Å². The van der Waals surface area contributed by atoms with Crippen molar-refractivity contribution in [3.8, 4) is 0 Å². The molecular formula is C18H22N4O2S. The van der Waals surface area contributed by atoms with E-state index in [-0.39, 0.29) is 10.3 Å². The van der Waals surface area contributed by atoms with Crippen molar-refractivity contribution in [3.05, 3.63) is 46.9 Å². The molecule has 2 heterocycles. The Morgan fingerprint density at radius 2 is 1.88 bits per heavy atom. The Morgan fingerprint density at radius 1 is 1.16 bits per heavy atom. The zero-order valence-electron chi connectivity index (χ0n) is 14.6. The van der Waals surface area contributed by atoms with Gasteiger partial charge >= 0.3 is 0 Å². The summed E-state index contributed by atoms with van der Waals surface area (Å²) in [6.07, 6.45) is 1.98. The van der Waals surface area contributed by atoms with Gasteiger partial charge in [-0.15, -0.1) is 0 Å². The van der Waals surface area contributed by atoms with E-state index in [1.54, 1.807) is 13.8 Å². The van der Waals surface area contributed by atoms with Crippen LogP contribution in [-0.2, 0) is 15.4 Å². The standard InChI is InChI=1S/C18H22N4O2S/c1-11-16(14-6-4-5-7-15(14)20-11)18(8-9-18)10-19-25(23,24)17-12(2)21-22-13(17)3/h4-7,19-20H,8-10H2,1-3H3,(H,21,22). The van der Waals surface area contributed by atoms with Gasteiger partial charge in [0, 0.05) is 28.6 Å². The van der Waals surface area contributed by atoms with Gasteiger partial charge in [0.05, 0.1) is 11.4 Å². The van der Waals surface area contributed by atoms with Gasteiger partial charge in [-0.2, -0.15) is 5.10 Å². The summed E-state index contributed by atoms with van der Waals surface area (Å²) in [4.78, 5) is 3.69. The summed E-state index contributed by atoms with van der Waals surface area (Å²) in [5.74, 6) is 0. The fraction of sp³-hybridized carbons (Fsp3) is 0.389. The zero-order valence-corrected chi connectivity index (χ0v) is 15.4. The number of benzene rings is 1. The van der Waals surface area contributed by atoms with Crippen LogP contribution >= 0.6 is 0 Å². The number of aromatic nitrogens is 3. The molecular weight excluding hydrogens is 336 g/mol. The Hall–Kier alpha value is -2.12. The molecule has 3 N–H and O–H groups in total. The molecule has 1 aliphatic rings. The predicted octanol–water partition coefficient (Wildman–Crippen LogP) is 2.83. The average Bonchev–Trinajstić information content (AvgIpc) is 3.14. The molecule has 0 spiro atoms. The second-order valence-corrected chi connectivity index (χ2v) is 8.74. The first-order valence-corrected chi connectivity index (χ1v) is 9.91. The van der Waals surface area contributed by atoms with Crippen LogP contribution in [0.4, 0.5) is 0 Å². The number of para-hydroxylation sites is 1. The fourth-order valence-corrected chi connectivity index (χ4v) is 5.36. The lowest BCUT2D eigenvalue weighted by atomic mass is 9.93. The largest absolute Gasteiger partial charge is 0.358 e. The lowest BCUT2D eigenvalue weighted by molar-refractivity contribution is 0.566. The highest BCUT2D eigenvalue weighted by Crippen LogP contribution is 2.51. The lowest BCUT2D eigenvalue weighted by Crippen LogP contribution is -2.33. The van der Waals surface area contributed by atoms with E-state index >= 15 is 0 Å². The number of aromatic amines is 2. The van der Waals surface area contributed by atoms with Crippen molar-refractivity contribution in [2.45, 2.75) is 43.9 Å². The number of H-pyrrole nitrogens is 2. The van der Waals surface area contributed by atoms with Gasteiger partial charge in [-0.3, -0.25) is 5.10 Å². The van der Waals surface area contributed by atoms with E-state index in [1.807, 2.05) is 12.1 Å². The van der Waals surface area contributed by atoms with Gasteiger partial charge in [-0.1, -0.05) is 18.2 Å². The summed E-state index contributed by atoms with van der Waals surface area (Å²) in [6, 6.07) is 8.20. The summed E-state index contributed by atoms with van der Waals surface area (Å²) < 4.78 is 28.3. The van der Waals surface area contributed by atoms with Gasteiger partial charge in [-0.25, -0.2) is 13.1 Å². The number of aryl methyl sites for hydroxylation is 3. The molecule has 0 radical (unpaired) electrons. The van der Waals surface area contributed by atoms with Gasteiger partial charge in [0.2, 0.25) is 10.0 Å². The Morgan fingerprint density at radius 3 is 2.52 bits per heavy atom. The van der Waals surface area contributed by atoms with Crippen molar-refractivity contribution in [3.63, 3.8) is 0 Å². The highest BCUT2D eigenvalue weighted by molar-refractivity contribution is 7.89. The third-order valence-electron chi connectivity index (χ3n) is 5.21.